The fourth-order valence-electron chi connectivity index (χ4n) is 3.63. The second-order valence-corrected chi connectivity index (χ2v) is 8.94. The molecule has 0 aliphatic rings. The van der Waals surface area contributed by atoms with Gasteiger partial charge in [-0.2, -0.15) is 5.26 Å². The minimum Gasteiger partial charge on any atom is -0.488 e. The number of benzene rings is 4. The molecule has 0 radical (unpaired) electrons. The van der Waals surface area contributed by atoms with Crippen molar-refractivity contribution in [2.24, 2.45) is 0 Å². The molecule has 4 aromatic carbocycles. The molecule has 4 aromatic rings. The molecule has 0 aliphatic heterocycles. The predicted molar refractivity (Wildman–Crippen MR) is 141 cm³/mol. The lowest BCUT2D eigenvalue weighted by atomic mass is 10.1. The highest BCUT2D eigenvalue weighted by atomic mass is 79.9. The summed E-state index contributed by atoms with van der Waals surface area (Å²) in [7, 11) is 0. The number of nitrogens with one attached hydrogen (secondary N) is 1. The average Bonchev–Trinajstić information content (AvgIpc) is 2.84. The smallest absolute Gasteiger partial charge is 0.266 e. The summed E-state index contributed by atoms with van der Waals surface area (Å²) in [5, 5.41) is 14.9. The van der Waals surface area contributed by atoms with E-state index in [4.69, 9.17) is 4.74 Å². The van der Waals surface area contributed by atoms with Gasteiger partial charge in [-0.3, -0.25) is 4.79 Å². The summed E-state index contributed by atoms with van der Waals surface area (Å²) in [6, 6.07) is 27.6. The Morgan fingerprint density at radius 3 is 2.59 bits per heavy atom. The lowest BCUT2D eigenvalue weighted by molar-refractivity contribution is -0.112. The van der Waals surface area contributed by atoms with Crippen LogP contribution in [-0.4, -0.2) is 5.91 Å². The summed E-state index contributed by atoms with van der Waals surface area (Å²) in [5.41, 5.74) is 4.39. The Kier molecular flexibility index (Phi) is 7.10. The Labute approximate surface area is 207 Å². The Bertz CT molecular complexity index is 1450. The van der Waals surface area contributed by atoms with Crippen LogP contribution in [0.15, 0.2) is 88.9 Å². The van der Waals surface area contributed by atoms with Gasteiger partial charge in [-0.25, -0.2) is 0 Å². The summed E-state index contributed by atoms with van der Waals surface area (Å²) in [6.45, 7) is 4.28. The van der Waals surface area contributed by atoms with E-state index in [0.717, 1.165) is 26.5 Å². The van der Waals surface area contributed by atoms with E-state index in [2.05, 4.69) is 45.5 Å². The van der Waals surface area contributed by atoms with Crippen molar-refractivity contribution < 1.29 is 9.53 Å². The quantitative estimate of drug-likeness (QED) is 0.218. The van der Waals surface area contributed by atoms with Crippen molar-refractivity contribution in [2.45, 2.75) is 20.5 Å². The molecule has 4 rings (SSSR count). The normalized spacial score (nSPS) is 11.2. The highest BCUT2D eigenvalue weighted by Gasteiger charge is 2.13. The van der Waals surface area contributed by atoms with Crippen LogP contribution >= 0.6 is 15.9 Å². The maximum atomic E-state index is 12.9. The van der Waals surface area contributed by atoms with E-state index in [0.29, 0.717) is 23.6 Å². The number of hydrogen-bond donors (Lipinski definition) is 1. The summed E-state index contributed by atoms with van der Waals surface area (Å²) >= 11 is 3.47. The molecule has 5 heteroatoms. The van der Waals surface area contributed by atoms with E-state index >= 15 is 0 Å². The topological polar surface area (TPSA) is 62.1 Å². The van der Waals surface area contributed by atoms with Crippen molar-refractivity contribution in [3.05, 3.63) is 111 Å². The molecule has 0 spiro atoms. The number of amides is 1. The zero-order chi connectivity index (χ0) is 24.1. The van der Waals surface area contributed by atoms with Gasteiger partial charge in [0, 0.05) is 15.7 Å². The Hall–Kier alpha value is -3.88. The third-order valence-electron chi connectivity index (χ3n) is 5.70. The minimum absolute atomic E-state index is 0.00504. The van der Waals surface area contributed by atoms with E-state index in [1.165, 1.54) is 5.39 Å². The number of nitriles is 1. The summed E-state index contributed by atoms with van der Waals surface area (Å²) in [4.78, 5) is 12.9. The van der Waals surface area contributed by atoms with Crippen LogP contribution in [0.3, 0.4) is 0 Å². The molecule has 1 N–H and O–H groups in total. The lowest BCUT2D eigenvalue weighted by Crippen LogP contribution is -2.14. The van der Waals surface area contributed by atoms with Crippen LogP contribution in [0, 0.1) is 25.2 Å². The molecule has 0 heterocycles. The highest BCUT2D eigenvalue weighted by molar-refractivity contribution is 9.10. The fraction of sp³-hybridized carbons (Fsp3) is 0.103. The van der Waals surface area contributed by atoms with Gasteiger partial charge in [0.05, 0.1) is 0 Å². The summed E-state index contributed by atoms with van der Waals surface area (Å²) in [6.07, 6.45) is 1.56. The van der Waals surface area contributed by atoms with E-state index < -0.39 is 5.91 Å². The van der Waals surface area contributed by atoms with Crippen LogP contribution in [0.2, 0.25) is 0 Å². The van der Waals surface area contributed by atoms with Crippen LogP contribution in [0.1, 0.15) is 22.3 Å². The molecule has 0 aliphatic carbocycles. The van der Waals surface area contributed by atoms with E-state index in [-0.39, 0.29) is 5.57 Å². The average molecular weight is 511 g/mol. The molecule has 1 amide bonds. The van der Waals surface area contributed by atoms with Crippen molar-refractivity contribution in [3.8, 4) is 11.8 Å². The van der Waals surface area contributed by atoms with Crippen molar-refractivity contribution in [1.82, 2.24) is 0 Å². The second kappa shape index (κ2) is 10.4. The molecule has 168 valence electrons. The highest BCUT2D eigenvalue weighted by Crippen LogP contribution is 2.27. The zero-order valence-electron chi connectivity index (χ0n) is 18.9. The molecule has 0 unspecified atom stereocenters. The van der Waals surface area contributed by atoms with Gasteiger partial charge in [0.25, 0.3) is 5.91 Å². The van der Waals surface area contributed by atoms with Crippen LogP contribution in [-0.2, 0) is 11.4 Å². The largest absolute Gasteiger partial charge is 0.488 e. The number of halogens is 1. The van der Waals surface area contributed by atoms with Gasteiger partial charge >= 0.3 is 0 Å². The second-order valence-electron chi connectivity index (χ2n) is 8.02. The number of hydrogen-bond acceptors (Lipinski definition) is 3. The minimum atomic E-state index is -0.461. The standard InChI is InChI=1S/C29H23BrN2O2/c1-19-6-5-9-27(20(19)2)32-29(33)25(17-31)15-24-16-26(30)12-13-28(24)34-18-21-10-11-22-7-3-4-8-23(22)14-21/h3-16H,18H2,1-2H3,(H,32,33)/b25-15+. The summed E-state index contributed by atoms with van der Waals surface area (Å²) in [5.74, 6) is 0.125. The Balaban J connectivity index is 1.57. The molecule has 34 heavy (non-hydrogen) atoms. The van der Waals surface area contributed by atoms with Gasteiger partial charge < -0.3 is 10.1 Å². The maximum absolute atomic E-state index is 12.9. The molecule has 0 saturated heterocycles. The Morgan fingerprint density at radius 2 is 1.79 bits per heavy atom. The first-order chi connectivity index (χ1) is 16.4. The molecule has 0 saturated carbocycles. The van der Waals surface area contributed by atoms with E-state index in [1.807, 2.05) is 74.5 Å². The van der Waals surface area contributed by atoms with Gasteiger partial charge in [-0.1, -0.05) is 64.5 Å². The molecular weight excluding hydrogens is 488 g/mol. The molecule has 0 bridgehead atoms. The van der Waals surface area contributed by atoms with Crippen LogP contribution in [0.4, 0.5) is 5.69 Å². The fourth-order valence-corrected chi connectivity index (χ4v) is 4.01. The number of fused-ring (bicyclic) bond motifs is 1. The monoisotopic (exact) mass is 510 g/mol. The first kappa shape index (κ1) is 23.3. The SMILES string of the molecule is Cc1cccc(NC(=O)/C(C#N)=C/c2cc(Br)ccc2OCc2ccc3ccccc3c2)c1C. The number of anilines is 1. The molecule has 4 nitrogen and oxygen atoms in total. The Morgan fingerprint density at radius 1 is 1.00 bits per heavy atom. The van der Waals surface area contributed by atoms with Gasteiger partial charge in [0.2, 0.25) is 0 Å². The van der Waals surface area contributed by atoms with Gasteiger partial charge in [0.1, 0.15) is 24.0 Å². The van der Waals surface area contributed by atoms with E-state index in [1.54, 1.807) is 6.08 Å². The van der Waals surface area contributed by atoms with Gasteiger partial charge in [-0.15, -0.1) is 0 Å². The molecular formula is C29H23BrN2O2. The molecule has 0 atom stereocenters. The number of carbonyl (C=O) groups excluding carboxylic acids is 1. The van der Waals surface area contributed by atoms with Crippen molar-refractivity contribution in [1.29, 1.82) is 5.26 Å². The van der Waals surface area contributed by atoms with E-state index in [9.17, 15) is 10.1 Å². The van der Waals surface area contributed by atoms with Crippen molar-refractivity contribution in [3.63, 3.8) is 0 Å². The number of ether oxygens (including phenoxy) is 1. The van der Waals surface area contributed by atoms with Crippen molar-refractivity contribution in [2.75, 3.05) is 5.32 Å². The molecule has 0 aromatic heterocycles. The van der Waals surface area contributed by atoms with Gasteiger partial charge in [-0.05, 0) is 77.7 Å². The third kappa shape index (κ3) is 5.36. The van der Waals surface area contributed by atoms with Gasteiger partial charge in [0.15, 0.2) is 0 Å². The summed E-state index contributed by atoms with van der Waals surface area (Å²) < 4.78 is 6.92. The lowest BCUT2D eigenvalue weighted by Gasteiger charge is -2.12. The number of carbonyl (C=O) groups is 1. The van der Waals surface area contributed by atoms with Crippen LogP contribution in [0.5, 0.6) is 5.75 Å². The zero-order valence-corrected chi connectivity index (χ0v) is 20.5. The molecule has 0 fully saturated rings. The number of nitrogens with zero attached hydrogens (tertiary/aromatic N) is 1. The van der Waals surface area contributed by atoms with Crippen LogP contribution in [0.25, 0.3) is 16.8 Å². The third-order valence-corrected chi connectivity index (χ3v) is 6.19. The van der Waals surface area contributed by atoms with Crippen LogP contribution < -0.4 is 10.1 Å². The number of rotatable bonds is 6. The first-order valence-electron chi connectivity index (χ1n) is 10.8. The predicted octanol–water partition coefficient (Wildman–Crippen LogP) is 7.34. The first-order valence-corrected chi connectivity index (χ1v) is 11.6. The number of aryl methyl sites for hydroxylation is 1. The van der Waals surface area contributed by atoms with Crippen molar-refractivity contribution >= 4 is 44.4 Å². The maximum Gasteiger partial charge on any atom is 0.266 e.